The number of carbonyl (C=O) groups excluding carboxylic acids is 2. The van der Waals surface area contributed by atoms with Crippen LogP contribution in [-0.4, -0.2) is 11.8 Å². The van der Waals surface area contributed by atoms with Gasteiger partial charge in [-0.15, -0.1) is 0 Å². The molecule has 0 atom stereocenters. The van der Waals surface area contributed by atoms with Gasteiger partial charge >= 0.3 is 29.6 Å². The van der Waals surface area contributed by atoms with Gasteiger partial charge < -0.3 is 14.7 Å². The minimum Gasteiger partial charge on any atom is -0.550 e. The molecule has 142 valence electrons. The van der Waals surface area contributed by atoms with Gasteiger partial charge in [0, 0.05) is 12.4 Å². The van der Waals surface area contributed by atoms with E-state index in [2.05, 4.69) is 0 Å². The molecule has 0 saturated heterocycles. The van der Waals surface area contributed by atoms with Gasteiger partial charge in [0.2, 0.25) is 0 Å². The third-order valence-electron chi connectivity index (χ3n) is 4.66. The Hall–Kier alpha value is 0.140. The van der Waals surface area contributed by atoms with Gasteiger partial charge in [-0.1, -0.05) is 89.9 Å². The fourth-order valence-corrected chi connectivity index (χ4v) is 3.12. The predicted octanol–water partition coefficient (Wildman–Crippen LogP) is 2.35. The fourth-order valence-electron chi connectivity index (χ4n) is 3.12. The first-order valence-electron chi connectivity index (χ1n) is 10.3. The van der Waals surface area contributed by atoms with E-state index in [0.717, 1.165) is 25.7 Å². The Balaban J connectivity index is 0. The second kappa shape index (κ2) is 22.2. The van der Waals surface area contributed by atoms with E-state index in [1.54, 1.807) is 6.92 Å². The van der Waals surface area contributed by atoms with Gasteiger partial charge in [-0.3, -0.25) is 0 Å². The van der Waals surface area contributed by atoms with Gasteiger partial charge in [0.15, 0.2) is 0 Å². The standard InChI is InChI=1S/C21H40O3.Na/c1-20(22)18-16-14-12-10-8-6-4-2-3-5-7-9-11-13-15-17-19-21(23)24;/h2-19H2,1H3,(H,23,24);/q;+1/p-1. The molecule has 0 radical (unpaired) electrons. The van der Waals surface area contributed by atoms with E-state index >= 15 is 0 Å². The zero-order valence-electron chi connectivity index (χ0n) is 17.0. The molecular formula is C21H39NaO3. The Morgan fingerprint density at radius 1 is 0.520 bits per heavy atom. The molecule has 0 aliphatic carbocycles. The van der Waals surface area contributed by atoms with Gasteiger partial charge in [-0.05, 0) is 26.2 Å². The van der Waals surface area contributed by atoms with Gasteiger partial charge in [0.1, 0.15) is 5.78 Å². The molecule has 0 aromatic rings. The summed E-state index contributed by atoms with van der Waals surface area (Å²) >= 11 is 0. The molecule has 4 heteroatoms. The van der Waals surface area contributed by atoms with Crippen LogP contribution >= 0.6 is 0 Å². The molecule has 0 N–H and O–H groups in total. The van der Waals surface area contributed by atoms with Crippen molar-refractivity contribution in [2.75, 3.05) is 0 Å². The molecule has 0 bridgehead atoms. The number of Topliss-reactive ketones (excluding diaryl/α,β-unsaturated/α-hetero) is 1. The van der Waals surface area contributed by atoms with Crippen LogP contribution in [0.25, 0.3) is 0 Å². The van der Waals surface area contributed by atoms with Crippen LogP contribution < -0.4 is 34.7 Å². The van der Waals surface area contributed by atoms with Gasteiger partial charge in [-0.25, -0.2) is 0 Å². The number of aliphatic carboxylic acids is 1. The summed E-state index contributed by atoms with van der Waals surface area (Å²) in [6.45, 7) is 1.68. The predicted molar refractivity (Wildman–Crippen MR) is 98.8 cm³/mol. The average Bonchev–Trinajstić information content (AvgIpc) is 2.53. The van der Waals surface area contributed by atoms with Crippen LogP contribution in [0.1, 0.15) is 122 Å². The van der Waals surface area contributed by atoms with Crippen molar-refractivity contribution in [3.63, 3.8) is 0 Å². The van der Waals surface area contributed by atoms with E-state index in [9.17, 15) is 14.7 Å². The minimum absolute atomic E-state index is 0. The summed E-state index contributed by atoms with van der Waals surface area (Å²) < 4.78 is 0. The van der Waals surface area contributed by atoms with Gasteiger partial charge in [0.25, 0.3) is 0 Å². The molecule has 0 aliphatic rings. The largest absolute Gasteiger partial charge is 1.00 e. The smallest absolute Gasteiger partial charge is 0.550 e. The third-order valence-corrected chi connectivity index (χ3v) is 4.66. The molecule has 0 saturated carbocycles. The fraction of sp³-hybridized carbons (Fsp3) is 0.905. The molecule has 0 heterocycles. The maximum absolute atomic E-state index is 10.8. The van der Waals surface area contributed by atoms with E-state index in [-0.39, 0.29) is 36.0 Å². The van der Waals surface area contributed by atoms with Crippen molar-refractivity contribution < 1.29 is 44.3 Å². The summed E-state index contributed by atoms with van der Waals surface area (Å²) in [5.41, 5.74) is 0. The SMILES string of the molecule is CC(=O)CCCCCCCCCCCCCCCCCCC(=O)[O-].[Na+]. The molecule has 0 fully saturated rings. The Kier molecular flexibility index (Phi) is 24.3. The first kappa shape index (κ1) is 27.4. The Bertz CT molecular complexity index is 276. The van der Waals surface area contributed by atoms with Crippen LogP contribution in [0.3, 0.4) is 0 Å². The summed E-state index contributed by atoms with van der Waals surface area (Å²) in [5.74, 6) is -0.589. The molecule has 0 aliphatic heterocycles. The molecule has 25 heavy (non-hydrogen) atoms. The molecule has 0 amide bonds. The van der Waals surface area contributed by atoms with Crippen LogP contribution in [0.5, 0.6) is 0 Å². The summed E-state index contributed by atoms with van der Waals surface area (Å²) in [4.78, 5) is 21.1. The maximum Gasteiger partial charge on any atom is 1.00 e. The van der Waals surface area contributed by atoms with Crippen molar-refractivity contribution in [1.29, 1.82) is 0 Å². The number of carbonyl (C=O) groups is 2. The van der Waals surface area contributed by atoms with E-state index in [1.165, 1.54) is 83.5 Å². The first-order valence-corrected chi connectivity index (χ1v) is 10.3. The quantitative estimate of drug-likeness (QED) is 0.262. The minimum atomic E-state index is -0.914. The number of carboxylic acid groups (broad SMARTS) is 1. The first-order chi connectivity index (χ1) is 11.6. The van der Waals surface area contributed by atoms with Crippen LogP contribution in [0.2, 0.25) is 0 Å². The molecule has 0 rings (SSSR count). The van der Waals surface area contributed by atoms with Crippen molar-refractivity contribution in [2.45, 2.75) is 122 Å². The van der Waals surface area contributed by atoms with E-state index in [0.29, 0.717) is 5.78 Å². The van der Waals surface area contributed by atoms with Gasteiger partial charge in [-0.2, -0.15) is 0 Å². The number of carboxylic acids is 1. The Morgan fingerprint density at radius 3 is 1.00 bits per heavy atom. The van der Waals surface area contributed by atoms with E-state index in [1.807, 2.05) is 0 Å². The molecule has 3 nitrogen and oxygen atoms in total. The third kappa shape index (κ3) is 26.5. The van der Waals surface area contributed by atoms with Crippen molar-refractivity contribution in [3.05, 3.63) is 0 Å². The van der Waals surface area contributed by atoms with Crippen LogP contribution in [-0.2, 0) is 9.59 Å². The van der Waals surface area contributed by atoms with Crippen LogP contribution in [0.15, 0.2) is 0 Å². The van der Waals surface area contributed by atoms with Crippen molar-refractivity contribution in [3.8, 4) is 0 Å². The zero-order chi connectivity index (χ0) is 17.9. The summed E-state index contributed by atoms with van der Waals surface area (Å²) in [5, 5.41) is 10.3. The Labute approximate surface area is 178 Å². The second-order valence-corrected chi connectivity index (χ2v) is 7.23. The van der Waals surface area contributed by atoms with Crippen LogP contribution in [0.4, 0.5) is 0 Å². The summed E-state index contributed by atoms with van der Waals surface area (Å²) in [6, 6.07) is 0. The van der Waals surface area contributed by atoms with Gasteiger partial charge in [0.05, 0.1) is 0 Å². The second-order valence-electron chi connectivity index (χ2n) is 7.23. The van der Waals surface area contributed by atoms with Crippen molar-refractivity contribution >= 4 is 11.8 Å². The van der Waals surface area contributed by atoms with E-state index in [4.69, 9.17) is 0 Å². The monoisotopic (exact) mass is 362 g/mol. The van der Waals surface area contributed by atoms with Crippen LogP contribution in [0, 0.1) is 0 Å². The molecular weight excluding hydrogens is 323 g/mol. The van der Waals surface area contributed by atoms with E-state index < -0.39 is 5.97 Å². The van der Waals surface area contributed by atoms with Crippen molar-refractivity contribution in [1.82, 2.24) is 0 Å². The molecule has 0 spiro atoms. The molecule has 0 aromatic carbocycles. The number of hydrogen-bond acceptors (Lipinski definition) is 3. The topological polar surface area (TPSA) is 57.2 Å². The van der Waals surface area contributed by atoms with Crippen molar-refractivity contribution in [2.24, 2.45) is 0 Å². The average molecular weight is 363 g/mol. The summed E-state index contributed by atoms with van der Waals surface area (Å²) in [6.07, 6.45) is 20.9. The molecule has 0 unspecified atom stereocenters. The zero-order valence-corrected chi connectivity index (χ0v) is 19.0. The maximum atomic E-state index is 10.8. The Morgan fingerprint density at radius 2 is 0.760 bits per heavy atom. The molecule has 0 aromatic heterocycles. The number of ketones is 1. The normalized spacial score (nSPS) is 10.4. The number of rotatable bonds is 19. The number of hydrogen-bond donors (Lipinski definition) is 0. The summed E-state index contributed by atoms with van der Waals surface area (Å²) in [7, 11) is 0. The number of unbranched alkanes of at least 4 members (excludes halogenated alkanes) is 15.